The molecule has 0 saturated carbocycles. The summed E-state index contributed by atoms with van der Waals surface area (Å²) in [5, 5.41) is 0. The lowest BCUT2D eigenvalue weighted by Gasteiger charge is -2.28. The van der Waals surface area contributed by atoms with Crippen molar-refractivity contribution in [1.82, 2.24) is 0 Å². The van der Waals surface area contributed by atoms with E-state index >= 15 is 0 Å². The SMILES string of the molecule is CC/C=C\C/C=C\C/C=C\CCCCCCCCCC(=O)OC(COC(=O)CCCCCCCCCCC/C=C\CCCCCCCC)COP(=O)([O-])OCC[N+](C)(C)C. The van der Waals surface area contributed by atoms with Crippen molar-refractivity contribution >= 4 is 19.8 Å². The summed E-state index contributed by atoms with van der Waals surface area (Å²) in [7, 11) is 1.16. The number of hydrogen-bond donors (Lipinski definition) is 0. The second-order valence-corrected chi connectivity index (χ2v) is 18.9. The van der Waals surface area contributed by atoms with E-state index in [2.05, 4.69) is 62.5 Å². The number of carbonyl (C=O) groups is 2. The summed E-state index contributed by atoms with van der Waals surface area (Å²) in [4.78, 5) is 37.7. The number of hydrogen-bond acceptors (Lipinski definition) is 8. The normalized spacial score (nSPS) is 13.9. The molecule has 0 bridgehead atoms. The maximum absolute atomic E-state index is 12.7. The molecule has 0 heterocycles. The number of phosphoric acid groups is 1. The molecule has 9 nitrogen and oxygen atoms in total. The van der Waals surface area contributed by atoms with Crippen LogP contribution in [-0.2, 0) is 32.7 Å². The Morgan fingerprint density at radius 3 is 1.43 bits per heavy atom. The van der Waals surface area contributed by atoms with Crippen molar-refractivity contribution in [1.29, 1.82) is 0 Å². The largest absolute Gasteiger partial charge is 0.756 e. The number of likely N-dealkylation sites (N-methyl/N-ethyl adjacent to an activating group) is 1. The second kappa shape index (κ2) is 42.3. The van der Waals surface area contributed by atoms with Crippen molar-refractivity contribution in [3.63, 3.8) is 0 Å². The molecule has 0 radical (unpaired) electrons. The lowest BCUT2D eigenvalue weighted by molar-refractivity contribution is -0.870. The highest BCUT2D eigenvalue weighted by Gasteiger charge is 2.21. The minimum absolute atomic E-state index is 0.0343. The zero-order valence-corrected chi connectivity index (χ0v) is 40.3. The number of nitrogens with zero attached hydrogens (tertiary/aromatic N) is 1. The third kappa shape index (κ3) is 45.5. The molecule has 0 N–H and O–H groups in total. The molecule has 2 atom stereocenters. The zero-order chi connectivity index (χ0) is 44.3. The van der Waals surface area contributed by atoms with Crippen LogP contribution in [0.25, 0.3) is 0 Å². The Kier molecular flexibility index (Phi) is 40.8. The highest BCUT2D eigenvalue weighted by atomic mass is 31.2. The number of rotatable bonds is 44. The molecule has 0 aromatic heterocycles. The average Bonchev–Trinajstić information content (AvgIpc) is 3.20. The molecule has 60 heavy (non-hydrogen) atoms. The molecule has 0 aliphatic heterocycles. The van der Waals surface area contributed by atoms with Gasteiger partial charge in [0, 0.05) is 12.8 Å². The van der Waals surface area contributed by atoms with Crippen LogP contribution in [0.15, 0.2) is 48.6 Å². The first-order chi connectivity index (χ1) is 29.0. The van der Waals surface area contributed by atoms with Gasteiger partial charge in [0.05, 0.1) is 27.7 Å². The number of quaternary nitrogens is 1. The van der Waals surface area contributed by atoms with Crippen molar-refractivity contribution in [2.75, 3.05) is 47.5 Å². The van der Waals surface area contributed by atoms with Gasteiger partial charge in [-0.1, -0.05) is 172 Å². The maximum atomic E-state index is 12.7. The van der Waals surface area contributed by atoms with E-state index in [0.29, 0.717) is 17.4 Å². The molecule has 0 spiro atoms. The fourth-order valence-corrected chi connectivity index (χ4v) is 7.27. The molecule has 10 heteroatoms. The van der Waals surface area contributed by atoms with Crippen molar-refractivity contribution in [2.24, 2.45) is 0 Å². The standard InChI is InChI=1S/C50H92NO8P/c1-6-8-10-12-14-16-18-20-22-24-25-27-28-30-32-34-36-38-40-42-49(52)56-46-48(47-58-60(54,55)57-45-44-51(3,4)5)59-50(53)43-41-39-37-35-33-31-29-26-23-21-19-17-15-13-11-9-7-2/h9,11,15,17,20-23,48H,6-8,10,12-14,16,18-19,24-47H2,1-5H3/b11-9-,17-15-,22-20-,23-21-. The Labute approximate surface area is 369 Å². The minimum Gasteiger partial charge on any atom is -0.756 e. The van der Waals surface area contributed by atoms with Gasteiger partial charge >= 0.3 is 11.9 Å². The summed E-state index contributed by atoms with van der Waals surface area (Å²) < 4.78 is 34.0. The van der Waals surface area contributed by atoms with Crippen LogP contribution >= 0.6 is 7.82 Å². The molecule has 0 amide bonds. The molecular formula is C50H92NO8P. The molecule has 0 rings (SSSR count). The summed E-state index contributed by atoms with van der Waals surface area (Å²) in [5.74, 6) is -0.846. The van der Waals surface area contributed by atoms with Gasteiger partial charge in [-0.15, -0.1) is 0 Å². The third-order valence-corrected chi connectivity index (χ3v) is 11.3. The summed E-state index contributed by atoms with van der Waals surface area (Å²) >= 11 is 0. The number of esters is 2. The number of allylic oxidation sites excluding steroid dienone is 8. The lowest BCUT2D eigenvalue weighted by Crippen LogP contribution is -2.37. The van der Waals surface area contributed by atoms with E-state index in [0.717, 1.165) is 64.2 Å². The van der Waals surface area contributed by atoms with Crippen molar-refractivity contribution in [3.8, 4) is 0 Å². The predicted octanol–water partition coefficient (Wildman–Crippen LogP) is 13.6. The third-order valence-electron chi connectivity index (χ3n) is 10.3. The van der Waals surface area contributed by atoms with Crippen molar-refractivity contribution in [3.05, 3.63) is 48.6 Å². The van der Waals surface area contributed by atoms with E-state index < -0.39 is 26.5 Å². The highest BCUT2D eigenvalue weighted by Crippen LogP contribution is 2.38. The average molecular weight is 866 g/mol. The predicted molar refractivity (Wildman–Crippen MR) is 250 cm³/mol. The Hall–Kier alpha value is -2.03. The van der Waals surface area contributed by atoms with Gasteiger partial charge in [-0.3, -0.25) is 14.2 Å². The van der Waals surface area contributed by atoms with Gasteiger partial charge in [0.2, 0.25) is 0 Å². The number of phosphoric ester groups is 1. The lowest BCUT2D eigenvalue weighted by atomic mass is 10.1. The topological polar surface area (TPSA) is 111 Å². The van der Waals surface area contributed by atoms with E-state index in [1.165, 1.54) is 109 Å². The summed E-state index contributed by atoms with van der Waals surface area (Å²) in [6.07, 6.45) is 49.9. The second-order valence-electron chi connectivity index (χ2n) is 17.4. The zero-order valence-electron chi connectivity index (χ0n) is 39.4. The van der Waals surface area contributed by atoms with Crippen LogP contribution < -0.4 is 4.89 Å². The number of ether oxygens (including phenoxy) is 2. The summed E-state index contributed by atoms with van der Waals surface area (Å²) in [6.45, 7) is 4.11. The Bertz CT molecular complexity index is 1160. The van der Waals surface area contributed by atoms with Crippen molar-refractivity contribution in [2.45, 2.75) is 213 Å². The molecule has 0 aliphatic carbocycles. The molecule has 0 saturated heterocycles. The first-order valence-corrected chi connectivity index (χ1v) is 25.8. The Morgan fingerprint density at radius 2 is 0.950 bits per heavy atom. The van der Waals surface area contributed by atoms with Crippen LogP contribution in [-0.4, -0.2) is 70.0 Å². The number of unbranched alkanes of at least 4 members (excludes halogenated alkanes) is 22. The van der Waals surface area contributed by atoms with Gasteiger partial charge in [0.1, 0.15) is 19.8 Å². The van der Waals surface area contributed by atoms with Crippen LogP contribution in [0.4, 0.5) is 0 Å². The summed E-state index contributed by atoms with van der Waals surface area (Å²) in [6, 6.07) is 0. The number of carbonyl (C=O) groups excluding carboxylic acids is 2. The van der Waals surface area contributed by atoms with E-state index in [9.17, 15) is 19.0 Å². The van der Waals surface area contributed by atoms with Gasteiger partial charge < -0.3 is 27.9 Å². The monoisotopic (exact) mass is 866 g/mol. The molecule has 350 valence electrons. The Balaban J connectivity index is 4.29. The highest BCUT2D eigenvalue weighted by molar-refractivity contribution is 7.45. The molecule has 0 aliphatic rings. The molecule has 0 aromatic carbocycles. The van der Waals surface area contributed by atoms with E-state index in [4.69, 9.17) is 18.5 Å². The summed E-state index contributed by atoms with van der Waals surface area (Å²) in [5.41, 5.74) is 0. The smallest absolute Gasteiger partial charge is 0.306 e. The minimum atomic E-state index is -4.63. The van der Waals surface area contributed by atoms with Gasteiger partial charge in [-0.25, -0.2) is 0 Å². The van der Waals surface area contributed by atoms with Crippen LogP contribution in [0.1, 0.15) is 206 Å². The quantitative estimate of drug-likeness (QED) is 0.0196. The fraction of sp³-hybridized carbons (Fsp3) is 0.800. The van der Waals surface area contributed by atoms with E-state index in [1.54, 1.807) is 0 Å². The van der Waals surface area contributed by atoms with Crippen molar-refractivity contribution < 1.29 is 42.1 Å². The molecular weight excluding hydrogens is 774 g/mol. The van der Waals surface area contributed by atoms with Gasteiger partial charge in [0.25, 0.3) is 7.82 Å². The van der Waals surface area contributed by atoms with Crippen LogP contribution in [0.2, 0.25) is 0 Å². The molecule has 0 fully saturated rings. The first-order valence-electron chi connectivity index (χ1n) is 24.3. The molecule has 0 aromatic rings. The van der Waals surface area contributed by atoms with Gasteiger partial charge in [-0.2, -0.15) is 0 Å². The fourth-order valence-electron chi connectivity index (χ4n) is 6.55. The van der Waals surface area contributed by atoms with Gasteiger partial charge in [0.15, 0.2) is 6.10 Å². The maximum Gasteiger partial charge on any atom is 0.306 e. The molecule has 2 unspecified atom stereocenters. The van der Waals surface area contributed by atoms with E-state index in [1.807, 2.05) is 21.1 Å². The first kappa shape index (κ1) is 58.0. The Morgan fingerprint density at radius 1 is 0.533 bits per heavy atom. The van der Waals surface area contributed by atoms with Crippen LogP contribution in [0, 0.1) is 0 Å². The van der Waals surface area contributed by atoms with E-state index in [-0.39, 0.29) is 32.0 Å². The van der Waals surface area contributed by atoms with Crippen LogP contribution in [0.5, 0.6) is 0 Å². The van der Waals surface area contributed by atoms with Gasteiger partial charge in [-0.05, 0) is 70.6 Å². The van der Waals surface area contributed by atoms with Crippen LogP contribution in [0.3, 0.4) is 0 Å².